The summed E-state index contributed by atoms with van der Waals surface area (Å²) in [5, 5.41) is 6.33. The minimum atomic E-state index is -0.869. The van der Waals surface area contributed by atoms with Gasteiger partial charge in [0.25, 0.3) is 0 Å². The number of benzene rings is 2. The zero-order valence-corrected chi connectivity index (χ0v) is 14.8. The maximum Gasteiger partial charge on any atom is 0.237 e. The fourth-order valence-electron chi connectivity index (χ4n) is 4.48. The lowest BCUT2D eigenvalue weighted by atomic mass is 9.72. The topological polar surface area (TPSA) is 68.8 Å². The molecule has 3 heterocycles. The molecule has 0 bridgehead atoms. The predicted octanol–water partition coefficient (Wildman–Crippen LogP) is 2.53. The highest BCUT2D eigenvalue weighted by Gasteiger charge is 2.55. The van der Waals surface area contributed by atoms with E-state index in [2.05, 4.69) is 10.6 Å². The van der Waals surface area contributed by atoms with Crippen LogP contribution in [0.5, 0.6) is 17.2 Å². The number of halogens is 1. The summed E-state index contributed by atoms with van der Waals surface area (Å²) in [5.74, 6) is 1.25. The quantitative estimate of drug-likeness (QED) is 0.850. The third-order valence-electron chi connectivity index (χ3n) is 5.66. The van der Waals surface area contributed by atoms with Crippen molar-refractivity contribution in [3.63, 3.8) is 0 Å². The van der Waals surface area contributed by atoms with E-state index in [9.17, 15) is 9.18 Å². The normalized spacial score (nSPS) is 25.4. The molecule has 6 nitrogen and oxygen atoms in total. The summed E-state index contributed by atoms with van der Waals surface area (Å²) in [6.07, 6.45) is 0.580. The van der Waals surface area contributed by atoms with Crippen LogP contribution < -0.4 is 24.8 Å². The third-order valence-corrected chi connectivity index (χ3v) is 5.66. The van der Waals surface area contributed by atoms with Crippen LogP contribution in [0.25, 0.3) is 0 Å². The van der Waals surface area contributed by atoms with Crippen molar-refractivity contribution in [3.8, 4) is 17.2 Å². The average Bonchev–Trinajstić information content (AvgIpc) is 3.24. The first kappa shape index (κ1) is 16.4. The SMILES string of the molecule is COc1cc([C@H]2NCC[C@]23C(=O)Nc2ccc(F)cc23)cc2c1OCCO2. The average molecular weight is 370 g/mol. The molecule has 5 rings (SSSR count). The molecule has 3 aliphatic rings. The zero-order valence-electron chi connectivity index (χ0n) is 14.8. The van der Waals surface area contributed by atoms with Gasteiger partial charge in [-0.15, -0.1) is 0 Å². The summed E-state index contributed by atoms with van der Waals surface area (Å²) in [7, 11) is 1.57. The van der Waals surface area contributed by atoms with Gasteiger partial charge in [0.05, 0.1) is 18.6 Å². The molecule has 0 unspecified atom stereocenters. The van der Waals surface area contributed by atoms with Gasteiger partial charge in [-0.05, 0) is 54.4 Å². The maximum absolute atomic E-state index is 14.0. The highest BCUT2D eigenvalue weighted by Crippen LogP contribution is 2.53. The molecule has 3 aliphatic heterocycles. The van der Waals surface area contributed by atoms with Crippen molar-refractivity contribution in [1.29, 1.82) is 0 Å². The number of ether oxygens (including phenoxy) is 3. The fourth-order valence-corrected chi connectivity index (χ4v) is 4.48. The van der Waals surface area contributed by atoms with Crippen molar-refractivity contribution in [2.24, 2.45) is 0 Å². The molecule has 1 spiro atoms. The van der Waals surface area contributed by atoms with Crippen molar-refractivity contribution >= 4 is 11.6 Å². The van der Waals surface area contributed by atoms with E-state index in [0.717, 1.165) is 5.56 Å². The Hall–Kier alpha value is -2.80. The number of methoxy groups -OCH3 is 1. The molecular formula is C20H19FN2O4. The van der Waals surface area contributed by atoms with Gasteiger partial charge in [0, 0.05) is 5.69 Å². The van der Waals surface area contributed by atoms with E-state index >= 15 is 0 Å². The minimum absolute atomic E-state index is 0.119. The number of nitrogens with one attached hydrogen (secondary N) is 2. The van der Waals surface area contributed by atoms with Crippen LogP contribution in [-0.4, -0.2) is 32.8 Å². The van der Waals surface area contributed by atoms with Gasteiger partial charge in [-0.3, -0.25) is 4.79 Å². The molecular weight excluding hydrogens is 351 g/mol. The highest BCUT2D eigenvalue weighted by molar-refractivity contribution is 6.07. The molecule has 140 valence electrons. The van der Waals surface area contributed by atoms with Crippen molar-refractivity contribution in [1.82, 2.24) is 5.32 Å². The monoisotopic (exact) mass is 370 g/mol. The Kier molecular flexibility index (Phi) is 3.55. The second-order valence-electron chi connectivity index (χ2n) is 7.00. The van der Waals surface area contributed by atoms with E-state index in [4.69, 9.17) is 14.2 Å². The van der Waals surface area contributed by atoms with Gasteiger partial charge in [0.1, 0.15) is 19.0 Å². The van der Waals surface area contributed by atoms with Crippen molar-refractivity contribution < 1.29 is 23.4 Å². The first-order valence-corrected chi connectivity index (χ1v) is 8.96. The number of hydrogen-bond donors (Lipinski definition) is 2. The third kappa shape index (κ3) is 2.24. The number of fused-ring (bicyclic) bond motifs is 3. The second-order valence-corrected chi connectivity index (χ2v) is 7.00. The highest BCUT2D eigenvalue weighted by atomic mass is 19.1. The van der Waals surface area contributed by atoms with Crippen molar-refractivity contribution in [3.05, 3.63) is 47.3 Å². The molecule has 7 heteroatoms. The van der Waals surface area contributed by atoms with E-state index in [1.165, 1.54) is 12.1 Å². The standard InChI is InChI=1S/C20H19FN2O4/c1-25-15-8-11(9-16-17(15)27-7-6-26-16)18-20(4-5-22-18)13-10-12(21)2-3-14(13)23-19(20)24/h2-3,8-10,18,22H,4-7H2,1H3,(H,23,24)/t18-,20-/m1/s1. The lowest BCUT2D eigenvalue weighted by molar-refractivity contribution is -0.121. The Bertz CT molecular complexity index is 931. The molecule has 2 aromatic rings. The summed E-state index contributed by atoms with van der Waals surface area (Å²) < 4.78 is 30.9. The van der Waals surface area contributed by atoms with Crippen LogP contribution in [0.15, 0.2) is 30.3 Å². The summed E-state index contributed by atoms with van der Waals surface area (Å²) >= 11 is 0. The molecule has 0 aromatic heterocycles. The van der Waals surface area contributed by atoms with E-state index in [0.29, 0.717) is 54.7 Å². The van der Waals surface area contributed by atoms with E-state index in [1.807, 2.05) is 12.1 Å². The summed E-state index contributed by atoms with van der Waals surface area (Å²) in [5.41, 5.74) is 1.34. The first-order chi connectivity index (χ1) is 13.1. The maximum atomic E-state index is 14.0. The number of anilines is 1. The van der Waals surface area contributed by atoms with Gasteiger partial charge in [-0.1, -0.05) is 0 Å². The van der Waals surface area contributed by atoms with E-state index in [1.54, 1.807) is 13.2 Å². The second kappa shape index (κ2) is 5.85. The number of amides is 1. The molecule has 27 heavy (non-hydrogen) atoms. The van der Waals surface area contributed by atoms with Gasteiger partial charge in [-0.25, -0.2) is 4.39 Å². The molecule has 2 N–H and O–H groups in total. The summed E-state index contributed by atoms with van der Waals surface area (Å²) in [6.45, 7) is 1.56. The number of carbonyl (C=O) groups is 1. The number of carbonyl (C=O) groups excluding carboxylic acids is 1. The summed E-state index contributed by atoms with van der Waals surface area (Å²) in [4.78, 5) is 13.0. The fraction of sp³-hybridized carbons (Fsp3) is 0.350. The van der Waals surface area contributed by atoms with Crippen LogP contribution in [0.3, 0.4) is 0 Å². The zero-order chi connectivity index (χ0) is 18.6. The number of hydrogen-bond acceptors (Lipinski definition) is 5. The van der Waals surface area contributed by atoms with Crippen LogP contribution >= 0.6 is 0 Å². The predicted molar refractivity (Wildman–Crippen MR) is 96.1 cm³/mol. The van der Waals surface area contributed by atoms with Crippen LogP contribution in [0.2, 0.25) is 0 Å². The number of rotatable bonds is 2. The molecule has 0 radical (unpaired) electrons. The molecule has 2 atom stereocenters. The Morgan fingerprint density at radius 2 is 2.07 bits per heavy atom. The van der Waals surface area contributed by atoms with Crippen LogP contribution in [-0.2, 0) is 10.2 Å². The molecule has 0 saturated carbocycles. The van der Waals surface area contributed by atoms with Gasteiger partial charge < -0.3 is 24.8 Å². The lowest BCUT2D eigenvalue weighted by Gasteiger charge is -2.31. The summed E-state index contributed by atoms with van der Waals surface area (Å²) in [6, 6.07) is 7.86. The Morgan fingerprint density at radius 1 is 1.22 bits per heavy atom. The van der Waals surface area contributed by atoms with Gasteiger partial charge in [0.15, 0.2) is 11.5 Å². The van der Waals surface area contributed by atoms with Gasteiger partial charge in [-0.2, -0.15) is 0 Å². The Balaban J connectivity index is 1.66. The van der Waals surface area contributed by atoms with Gasteiger partial charge >= 0.3 is 0 Å². The lowest BCUT2D eigenvalue weighted by Crippen LogP contribution is -2.39. The largest absolute Gasteiger partial charge is 0.493 e. The van der Waals surface area contributed by atoms with E-state index in [-0.39, 0.29) is 17.8 Å². The minimum Gasteiger partial charge on any atom is -0.493 e. The van der Waals surface area contributed by atoms with Crippen molar-refractivity contribution in [2.75, 3.05) is 32.2 Å². The smallest absolute Gasteiger partial charge is 0.237 e. The molecule has 0 aliphatic carbocycles. The molecule has 2 aromatic carbocycles. The first-order valence-electron chi connectivity index (χ1n) is 8.96. The Labute approximate surface area is 155 Å². The molecule has 1 fully saturated rings. The van der Waals surface area contributed by atoms with Crippen molar-refractivity contribution in [2.45, 2.75) is 17.9 Å². The van der Waals surface area contributed by atoms with Crippen LogP contribution in [0.1, 0.15) is 23.6 Å². The molecule has 1 amide bonds. The van der Waals surface area contributed by atoms with Crippen LogP contribution in [0, 0.1) is 5.82 Å². The van der Waals surface area contributed by atoms with Gasteiger partial charge in [0.2, 0.25) is 11.7 Å². The van der Waals surface area contributed by atoms with E-state index < -0.39 is 5.41 Å². The van der Waals surface area contributed by atoms with Crippen LogP contribution in [0.4, 0.5) is 10.1 Å². The Morgan fingerprint density at radius 3 is 2.93 bits per heavy atom. The molecule has 1 saturated heterocycles.